The molecule has 2 fully saturated rings. The van der Waals surface area contributed by atoms with E-state index >= 15 is 0 Å². The second kappa shape index (κ2) is 6.58. The summed E-state index contributed by atoms with van der Waals surface area (Å²) in [6.07, 6.45) is 4.48. The van der Waals surface area contributed by atoms with Crippen LogP contribution in [0.1, 0.15) is 37.2 Å². The van der Waals surface area contributed by atoms with Crippen LogP contribution in [-0.4, -0.2) is 47.8 Å². The lowest BCUT2D eigenvalue weighted by Gasteiger charge is -2.42. The van der Waals surface area contributed by atoms with Crippen molar-refractivity contribution < 1.29 is 14.6 Å². The molecule has 1 saturated carbocycles. The number of morpholine rings is 1. The smallest absolute Gasteiger partial charge is 0.323 e. The molecule has 0 bridgehead atoms. The third kappa shape index (κ3) is 3.27. The zero-order chi connectivity index (χ0) is 14.7. The Labute approximate surface area is 125 Å². The van der Waals surface area contributed by atoms with Crippen LogP contribution in [0.2, 0.25) is 0 Å². The molecule has 1 aromatic carbocycles. The Morgan fingerprint density at radius 2 is 1.86 bits per heavy atom. The maximum absolute atomic E-state index is 11.4. The number of carbonyl (C=O) groups is 1. The normalized spacial score (nSPS) is 31.0. The fraction of sp³-hybridized carbons (Fsp3) is 0.588. The molecule has 1 N–H and O–H groups in total. The minimum absolute atomic E-state index is 0.327. The lowest BCUT2D eigenvalue weighted by atomic mass is 9.81. The summed E-state index contributed by atoms with van der Waals surface area (Å²) in [5.74, 6) is -0.119. The summed E-state index contributed by atoms with van der Waals surface area (Å²) >= 11 is 0. The molecular weight excluding hydrogens is 266 g/mol. The highest BCUT2D eigenvalue weighted by Gasteiger charge is 2.36. The summed E-state index contributed by atoms with van der Waals surface area (Å²) in [7, 11) is 0. The number of aliphatic carboxylic acids is 1. The van der Waals surface area contributed by atoms with Crippen LogP contribution in [0.15, 0.2) is 30.3 Å². The fourth-order valence-corrected chi connectivity index (χ4v) is 3.73. The molecule has 1 heterocycles. The van der Waals surface area contributed by atoms with Crippen molar-refractivity contribution in [2.75, 3.05) is 19.8 Å². The van der Waals surface area contributed by atoms with E-state index in [0.717, 1.165) is 32.2 Å². The topological polar surface area (TPSA) is 49.8 Å². The van der Waals surface area contributed by atoms with E-state index in [1.807, 2.05) is 0 Å². The standard InChI is InChI=1S/C17H23NO3/c19-17(20)16-12-21-11-10-18(16)15-8-6-14(7-9-15)13-4-2-1-3-5-13/h1-5,14-16H,6-12H2,(H,19,20). The lowest BCUT2D eigenvalue weighted by molar-refractivity contribution is -0.152. The van der Waals surface area contributed by atoms with Crippen LogP contribution in [0.25, 0.3) is 0 Å². The number of nitrogens with zero attached hydrogens (tertiary/aromatic N) is 1. The largest absolute Gasteiger partial charge is 0.480 e. The summed E-state index contributed by atoms with van der Waals surface area (Å²) in [5.41, 5.74) is 1.42. The molecule has 21 heavy (non-hydrogen) atoms. The Bertz CT molecular complexity index is 468. The highest BCUT2D eigenvalue weighted by molar-refractivity contribution is 5.73. The maximum atomic E-state index is 11.4. The highest BCUT2D eigenvalue weighted by atomic mass is 16.5. The summed E-state index contributed by atoms with van der Waals surface area (Å²) in [6, 6.07) is 10.6. The third-order valence-corrected chi connectivity index (χ3v) is 4.89. The molecular formula is C17H23NO3. The molecule has 0 spiro atoms. The summed E-state index contributed by atoms with van der Waals surface area (Å²) in [4.78, 5) is 13.5. The van der Waals surface area contributed by atoms with Gasteiger partial charge in [-0.25, -0.2) is 0 Å². The van der Waals surface area contributed by atoms with E-state index < -0.39 is 12.0 Å². The van der Waals surface area contributed by atoms with Gasteiger partial charge in [-0.2, -0.15) is 0 Å². The van der Waals surface area contributed by atoms with Crippen LogP contribution in [0.4, 0.5) is 0 Å². The first-order valence-electron chi connectivity index (χ1n) is 7.87. The Balaban J connectivity index is 1.61. The molecule has 0 aromatic heterocycles. The molecule has 1 aliphatic heterocycles. The molecule has 1 aromatic rings. The Morgan fingerprint density at radius 3 is 2.52 bits per heavy atom. The molecule has 1 aliphatic carbocycles. The van der Waals surface area contributed by atoms with Crippen molar-refractivity contribution in [1.29, 1.82) is 0 Å². The van der Waals surface area contributed by atoms with Crippen molar-refractivity contribution in [3.05, 3.63) is 35.9 Å². The molecule has 1 unspecified atom stereocenters. The van der Waals surface area contributed by atoms with Crippen LogP contribution >= 0.6 is 0 Å². The Kier molecular flexibility index (Phi) is 4.56. The second-order valence-corrected chi connectivity index (χ2v) is 6.08. The Morgan fingerprint density at radius 1 is 1.14 bits per heavy atom. The Hall–Kier alpha value is -1.39. The summed E-state index contributed by atoms with van der Waals surface area (Å²) in [5, 5.41) is 9.35. The molecule has 4 nitrogen and oxygen atoms in total. The lowest BCUT2D eigenvalue weighted by Crippen LogP contribution is -2.54. The number of hydrogen-bond acceptors (Lipinski definition) is 3. The predicted molar refractivity (Wildman–Crippen MR) is 80.4 cm³/mol. The van der Waals surface area contributed by atoms with Crippen molar-refractivity contribution in [2.45, 2.75) is 43.7 Å². The van der Waals surface area contributed by atoms with E-state index in [0.29, 0.717) is 25.2 Å². The van der Waals surface area contributed by atoms with Gasteiger partial charge in [-0.15, -0.1) is 0 Å². The van der Waals surface area contributed by atoms with Gasteiger partial charge in [0, 0.05) is 12.6 Å². The van der Waals surface area contributed by atoms with Crippen LogP contribution < -0.4 is 0 Å². The monoisotopic (exact) mass is 289 g/mol. The number of carboxylic acids is 1. The molecule has 4 heteroatoms. The zero-order valence-corrected chi connectivity index (χ0v) is 12.3. The number of rotatable bonds is 3. The predicted octanol–water partition coefficient (Wildman–Crippen LogP) is 2.50. The summed E-state index contributed by atoms with van der Waals surface area (Å²) in [6.45, 7) is 1.73. The van der Waals surface area contributed by atoms with E-state index in [1.165, 1.54) is 5.56 Å². The van der Waals surface area contributed by atoms with Gasteiger partial charge in [0.25, 0.3) is 0 Å². The summed E-state index contributed by atoms with van der Waals surface area (Å²) < 4.78 is 5.33. The van der Waals surface area contributed by atoms with Crippen LogP contribution in [0.5, 0.6) is 0 Å². The van der Waals surface area contributed by atoms with Gasteiger partial charge in [0.2, 0.25) is 0 Å². The van der Waals surface area contributed by atoms with Crippen molar-refractivity contribution in [1.82, 2.24) is 4.90 Å². The van der Waals surface area contributed by atoms with Crippen molar-refractivity contribution in [2.24, 2.45) is 0 Å². The SMILES string of the molecule is O=C(O)C1COCCN1C1CCC(c2ccccc2)CC1. The van der Waals surface area contributed by atoms with E-state index in [-0.39, 0.29) is 0 Å². The molecule has 0 amide bonds. The second-order valence-electron chi connectivity index (χ2n) is 6.08. The first kappa shape index (κ1) is 14.5. The van der Waals surface area contributed by atoms with Gasteiger partial charge in [-0.1, -0.05) is 30.3 Å². The number of hydrogen-bond donors (Lipinski definition) is 1. The average Bonchev–Trinajstić information content (AvgIpc) is 2.56. The molecule has 0 radical (unpaired) electrons. The molecule has 2 aliphatic rings. The van der Waals surface area contributed by atoms with Gasteiger partial charge in [-0.3, -0.25) is 9.69 Å². The van der Waals surface area contributed by atoms with Gasteiger partial charge < -0.3 is 9.84 Å². The quantitative estimate of drug-likeness (QED) is 0.929. The number of benzene rings is 1. The van der Waals surface area contributed by atoms with Gasteiger partial charge in [0.05, 0.1) is 13.2 Å². The van der Waals surface area contributed by atoms with Crippen molar-refractivity contribution in [3.63, 3.8) is 0 Å². The maximum Gasteiger partial charge on any atom is 0.323 e. The molecule has 1 saturated heterocycles. The van der Waals surface area contributed by atoms with Crippen LogP contribution in [0, 0.1) is 0 Å². The van der Waals surface area contributed by atoms with Gasteiger partial charge in [-0.05, 0) is 37.2 Å². The van der Waals surface area contributed by atoms with Gasteiger partial charge in [0.1, 0.15) is 6.04 Å². The van der Waals surface area contributed by atoms with E-state index in [2.05, 4.69) is 35.2 Å². The molecule has 3 rings (SSSR count). The number of carboxylic acid groups (broad SMARTS) is 1. The third-order valence-electron chi connectivity index (χ3n) is 4.89. The minimum Gasteiger partial charge on any atom is -0.480 e. The van der Waals surface area contributed by atoms with E-state index in [4.69, 9.17) is 4.74 Å². The first-order chi connectivity index (χ1) is 10.3. The first-order valence-corrected chi connectivity index (χ1v) is 7.87. The van der Waals surface area contributed by atoms with Crippen molar-refractivity contribution in [3.8, 4) is 0 Å². The van der Waals surface area contributed by atoms with E-state index in [1.54, 1.807) is 0 Å². The fourth-order valence-electron chi connectivity index (χ4n) is 3.73. The van der Waals surface area contributed by atoms with Gasteiger partial charge in [0.15, 0.2) is 0 Å². The molecule has 1 atom stereocenters. The zero-order valence-electron chi connectivity index (χ0n) is 12.3. The highest BCUT2D eigenvalue weighted by Crippen LogP contribution is 2.35. The number of ether oxygens (including phenoxy) is 1. The van der Waals surface area contributed by atoms with Crippen LogP contribution in [0.3, 0.4) is 0 Å². The average molecular weight is 289 g/mol. The minimum atomic E-state index is -0.750. The van der Waals surface area contributed by atoms with Crippen LogP contribution in [-0.2, 0) is 9.53 Å². The van der Waals surface area contributed by atoms with Crippen molar-refractivity contribution >= 4 is 5.97 Å². The van der Waals surface area contributed by atoms with Gasteiger partial charge >= 0.3 is 5.97 Å². The van der Waals surface area contributed by atoms with E-state index in [9.17, 15) is 9.90 Å². The molecule has 114 valence electrons.